The molecule has 0 aliphatic heterocycles. The molecule has 0 aliphatic carbocycles. The van der Waals surface area contributed by atoms with Gasteiger partial charge in [-0.05, 0) is 62.6 Å². The highest BCUT2D eigenvalue weighted by Gasteiger charge is 2.23. The molecule has 1 aromatic heterocycles. The smallest absolute Gasteiger partial charge is 0.341 e. The maximum absolute atomic E-state index is 12.7. The van der Waals surface area contributed by atoms with E-state index in [2.05, 4.69) is 5.32 Å². The van der Waals surface area contributed by atoms with Crippen LogP contribution in [0.1, 0.15) is 35.3 Å². The fraction of sp³-hybridized carbons (Fsp3) is 0.280. The molecule has 2 aromatic carbocycles. The Morgan fingerprint density at radius 3 is 2.41 bits per heavy atom. The van der Waals surface area contributed by atoms with Crippen molar-refractivity contribution < 1.29 is 23.8 Å². The zero-order chi connectivity index (χ0) is 23.1. The van der Waals surface area contributed by atoms with Crippen molar-refractivity contribution in [1.82, 2.24) is 0 Å². The van der Waals surface area contributed by atoms with E-state index in [1.54, 1.807) is 6.92 Å². The number of benzene rings is 2. The quantitative estimate of drug-likeness (QED) is 0.425. The second kappa shape index (κ2) is 10.8. The molecule has 7 heteroatoms. The van der Waals surface area contributed by atoms with Crippen molar-refractivity contribution in [1.29, 1.82) is 0 Å². The van der Waals surface area contributed by atoms with Crippen LogP contribution in [0.15, 0.2) is 47.8 Å². The molecule has 0 radical (unpaired) electrons. The topological polar surface area (TPSA) is 73.9 Å². The third kappa shape index (κ3) is 5.48. The van der Waals surface area contributed by atoms with Crippen LogP contribution in [-0.4, -0.2) is 31.7 Å². The third-order valence-electron chi connectivity index (χ3n) is 4.91. The van der Waals surface area contributed by atoms with Gasteiger partial charge in [-0.15, -0.1) is 11.3 Å². The van der Waals surface area contributed by atoms with Crippen molar-refractivity contribution in [2.45, 2.75) is 27.7 Å². The summed E-state index contributed by atoms with van der Waals surface area (Å²) in [5, 5.41) is 5.07. The maximum Gasteiger partial charge on any atom is 0.341 e. The fourth-order valence-electron chi connectivity index (χ4n) is 3.15. The van der Waals surface area contributed by atoms with E-state index in [9.17, 15) is 9.59 Å². The van der Waals surface area contributed by atoms with Crippen LogP contribution in [0.2, 0.25) is 0 Å². The van der Waals surface area contributed by atoms with Gasteiger partial charge < -0.3 is 19.5 Å². The second-order valence-corrected chi connectivity index (χ2v) is 7.95. The van der Waals surface area contributed by atoms with Crippen LogP contribution < -0.4 is 14.8 Å². The molecule has 32 heavy (non-hydrogen) atoms. The van der Waals surface area contributed by atoms with Gasteiger partial charge >= 0.3 is 5.97 Å². The number of aryl methyl sites for hydroxylation is 1. The van der Waals surface area contributed by atoms with Gasteiger partial charge in [-0.25, -0.2) is 4.79 Å². The van der Waals surface area contributed by atoms with E-state index in [1.807, 2.05) is 68.6 Å². The lowest BCUT2D eigenvalue weighted by atomic mass is 10.0. The molecule has 0 spiro atoms. The van der Waals surface area contributed by atoms with Gasteiger partial charge in [0.05, 0.1) is 13.2 Å². The van der Waals surface area contributed by atoms with E-state index in [0.717, 1.165) is 22.4 Å². The Labute approximate surface area is 192 Å². The molecule has 0 saturated carbocycles. The van der Waals surface area contributed by atoms with Crippen LogP contribution in [-0.2, 0) is 9.53 Å². The molecule has 0 atom stereocenters. The molecule has 6 nitrogen and oxygen atoms in total. The predicted molar refractivity (Wildman–Crippen MR) is 127 cm³/mol. The standard InChI is InChI=1S/C25H27NO5S/c1-5-29-19-12-10-18(11-13-19)20-15-32-24(23(20)25(28)30-6-2)26-22(27)14-31-21-9-7-8-16(3)17(21)4/h7-13,15H,5-6,14H2,1-4H3,(H,26,27). The molecule has 3 aromatic rings. The van der Waals surface area contributed by atoms with E-state index in [0.29, 0.717) is 28.5 Å². The highest BCUT2D eigenvalue weighted by molar-refractivity contribution is 7.15. The summed E-state index contributed by atoms with van der Waals surface area (Å²) in [7, 11) is 0. The van der Waals surface area contributed by atoms with E-state index < -0.39 is 5.97 Å². The zero-order valence-electron chi connectivity index (χ0n) is 18.7. The largest absolute Gasteiger partial charge is 0.494 e. The van der Waals surface area contributed by atoms with Crippen LogP contribution in [0.5, 0.6) is 11.5 Å². The number of carbonyl (C=O) groups excluding carboxylic acids is 2. The number of nitrogens with one attached hydrogen (secondary N) is 1. The highest BCUT2D eigenvalue weighted by atomic mass is 32.1. The first kappa shape index (κ1) is 23.3. The fourth-order valence-corrected chi connectivity index (χ4v) is 4.13. The first-order valence-electron chi connectivity index (χ1n) is 10.4. The Morgan fingerprint density at radius 1 is 0.969 bits per heavy atom. The van der Waals surface area contributed by atoms with Gasteiger partial charge in [-0.2, -0.15) is 0 Å². The summed E-state index contributed by atoms with van der Waals surface area (Å²) in [6.45, 7) is 8.25. The lowest BCUT2D eigenvalue weighted by molar-refractivity contribution is -0.118. The molecule has 0 saturated heterocycles. The van der Waals surface area contributed by atoms with Crippen LogP contribution in [0, 0.1) is 13.8 Å². The summed E-state index contributed by atoms with van der Waals surface area (Å²) >= 11 is 1.28. The number of ether oxygens (including phenoxy) is 3. The van der Waals surface area contributed by atoms with Crippen molar-refractivity contribution in [2.24, 2.45) is 0 Å². The maximum atomic E-state index is 12.7. The molecule has 168 valence electrons. The van der Waals surface area contributed by atoms with Gasteiger partial charge in [-0.1, -0.05) is 24.3 Å². The average Bonchev–Trinajstić information content (AvgIpc) is 3.19. The van der Waals surface area contributed by atoms with E-state index in [-0.39, 0.29) is 19.1 Å². The first-order valence-corrected chi connectivity index (χ1v) is 11.3. The van der Waals surface area contributed by atoms with Gasteiger partial charge in [0, 0.05) is 10.9 Å². The van der Waals surface area contributed by atoms with Crippen molar-refractivity contribution in [3.05, 3.63) is 64.5 Å². The Bertz CT molecular complexity index is 1090. The molecule has 3 rings (SSSR count). The normalized spacial score (nSPS) is 10.5. The second-order valence-electron chi connectivity index (χ2n) is 7.07. The number of hydrogen-bond acceptors (Lipinski definition) is 6. The highest BCUT2D eigenvalue weighted by Crippen LogP contribution is 2.37. The minimum atomic E-state index is -0.483. The van der Waals surface area contributed by atoms with Crippen molar-refractivity contribution in [3.8, 4) is 22.6 Å². The number of amides is 1. The summed E-state index contributed by atoms with van der Waals surface area (Å²) < 4.78 is 16.4. The minimum Gasteiger partial charge on any atom is -0.494 e. The monoisotopic (exact) mass is 453 g/mol. The molecule has 0 fully saturated rings. The van der Waals surface area contributed by atoms with Crippen LogP contribution >= 0.6 is 11.3 Å². The molecule has 0 bridgehead atoms. The van der Waals surface area contributed by atoms with Gasteiger partial charge in [0.25, 0.3) is 5.91 Å². The Morgan fingerprint density at radius 2 is 1.72 bits per heavy atom. The van der Waals surface area contributed by atoms with E-state index in [1.165, 1.54) is 11.3 Å². The van der Waals surface area contributed by atoms with Crippen LogP contribution in [0.4, 0.5) is 5.00 Å². The molecule has 0 unspecified atom stereocenters. The van der Waals surface area contributed by atoms with Gasteiger partial charge in [0.1, 0.15) is 22.1 Å². The molecule has 0 aliphatic rings. The number of anilines is 1. The van der Waals surface area contributed by atoms with Gasteiger partial charge in [0.2, 0.25) is 0 Å². The summed E-state index contributed by atoms with van der Waals surface area (Å²) in [5.41, 5.74) is 3.94. The molecule has 1 N–H and O–H groups in total. The number of rotatable bonds is 9. The molecule has 1 amide bonds. The zero-order valence-corrected chi connectivity index (χ0v) is 19.5. The Hall–Kier alpha value is -3.32. The SMILES string of the molecule is CCOC(=O)c1c(-c2ccc(OCC)cc2)csc1NC(=O)COc1cccc(C)c1C. The molecular formula is C25H27NO5S. The summed E-state index contributed by atoms with van der Waals surface area (Å²) in [4.78, 5) is 25.3. The third-order valence-corrected chi connectivity index (χ3v) is 5.81. The van der Waals surface area contributed by atoms with E-state index in [4.69, 9.17) is 14.2 Å². The molecular weight excluding hydrogens is 426 g/mol. The lowest BCUT2D eigenvalue weighted by Gasteiger charge is -2.12. The van der Waals surface area contributed by atoms with Crippen LogP contribution in [0.3, 0.4) is 0 Å². The van der Waals surface area contributed by atoms with Crippen LogP contribution in [0.25, 0.3) is 11.1 Å². The number of carbonyl (C=O) groups is 2. The minimum absolute atomic E-state index is 0.164. The van der Waals surface area contributed by atoms with E-state index >= 15 is 0 Å². The average molecular weight is 454 g/mol. The van der Waals surface area contributed by atoms with Crippen molar-refractivity contribution >= 4 is 28.2 Å². The molecule has 1 heterocycles. The van der Waals surface area contributed by atoms with Crippen molar-refractivity contribution in [3.63, 3.8) is 0 Å². The van der Waals surface area contributed by atoms with Crippen molar-refractivity contribution in [2.75, 3.05) is 25.1 Å². The predicted octanol–water partition coefficient (Wildman–Crippen LogP) is 5.62. The summed E-state index contributed by atoms with van der Waals surface area (Å²) in [5.74, 6) is 0.577. The number of esters is 1. The Balaban J connectivity index is 1.80. The number of thiophene rings is 1. The van der Waals surface area contributed by atoms with Gasteiger partial charge in [0.15, 0.2) is 6.61 Å². The Kier molecular flexibility index (Phi) is 7.89. The summed E-state index contributed by atoms with van der Waals surface area (Å²) in [6.07, 6.45) is 0. The van der Waals surface area contributed by atoms with Gasteiger partial charge in [-0.3, -0.25) is 4.79 Å². The summed E-state index contributed by atoms with van der Waals surface area (Å²) in [6, 6.07) is 13.2. The lowest BCUT2D eigenvalue weighted by Crippen LogP contribution is -2.21. The number of hydrogen-bond donors (Lipinski definition) is 1. The first-order chi connectivity index (χ1) is 15.4.